The monoisotopic (exact) mass is 375 g/mol. The van der Waals surface area contributed by atoms with Gasteiger partial charge in [0.1, 0.15) is 0 Å². The predicted molar refractivity (Wildman–Crippen MR) is 90.6 cm³/mol. The molecule has 0 saturated carbocycles. The summed E-state index contributed by atoms with van der Waals surface area (Å²) in [5.41, 5.74) is 1.71. The molecule has 0 amide bonds. The lowest BCUT2D eigenvalue weighted by atomic mass is 10.2. The number of ether oxygens (including phenoxy) is 3. The Balaban J connectivity index is 2.34. The third-order valence-corrected chi connectivity index (χ3v) is 3.90. The van der Waals surface area contributed by atoms with E-state index in [1.165, 1.54) is 14.2 Å². The summed E-state index contributed by atoms with van der Waals surface area (Å²) >= 11 is 3.45. The molecule has 0 bridgehead atoms. The maximum absolute atomic E-state index is 11.7. The maximum atomic E-state index is 11.7. The van der Waals surface area contributed by atoms with Gasteiger partial charge in [-0.2, -0.15) is 0 Å². The molecule has 0 aliphatic carbocycles. The van der Waals surface area contributed by atoms with Gasteiger partial charge in [-0.25, -0.2) is 4.79 Å². The van der Waals surface area contributed by atoms with Crippen molar-refractivity contribution >= 4 is 33.0 Å². The first-order valence-electron chi connectivity index (χ1n) is 6.85. The summed E-state index contributed by atoms with van der Waals surface area (Å²) in [4.78, 5) is 11.7. The number of nitrogens with zero attached hydrogens (tertiary/aromatic N) is 1. The first kappa shape index (κ1) is 15.4. The van der Waals surface area contributed by atoms with Crippen LogP contribution in [0.4, 0.5) is 4.79 Å². The van der Waals surface area contributed by atoms with E-state index >= 15 is 0 Å². The molecule has 3 rings (SSSR count). The van der Waals surface area contributed by atoms with E-state index < -0.39 is 6.16 Å². The number of rotatable bonds is 3. The standard InChI is InChI=1S/C17H14BrNO4/c1-21-15-13-10-11(18)8-9-14(13)19(12-6-4-3-5-7-12)16(15)23-17(20)22-2/h3-10H,1-2H3. The Bertz CT molecular complexity index is 858. The molecule has 0 unspecified atom stereocenters. The van der Waals surface area contributed by atoms with Crippen molar-refractivity contribution in [1.29, 1.82) is 0 Å². The molecule has 0 atom stereocenters. The number of hydrogen-bond acceptors (Lipinski definition) is 4. The minimum absolute atomic E-state index is 0.277. The summed E-state index contributed by atoms with van der Waals surface area (Å²) in [6.45, 7) is 0. The number of hydrogen-bond donors (Lipinski definition) is 0. The second-order valence-corrected chi connectivity index (χ2v) is 5.64. The van der Waals surface area contributed by atoms with Gasteiger partial charge in [-0.3, -0.25) is 4.57 Å². The third kappa shape index (κ3) is 2.77. The first-order valence-corrected chi connectivity index (χ1v) is 7.64. The predicted octanol–water partition coefficient (Wildman–Crippen LogP) is 4.55. The molecule has 0 fully saturated rings. The van der Waals surface area contributed by atoms with Crippen LogP contribution in [0.5, 0.6) is 11.6 Å². The van der Waals surface area contributed by atoms with Gasteiger partial charge in [0.15, 0.2) is 5.75 Å². The van der Waals surface area contributed by atoms with Crippen LogP contribution >= 0.6 is 15.9 Å². The molecule has 0 N–H and O–H groups in total. The summed E-state index contributed by atoms with van der Waals surface area (Å²) in [5.74, 6) is 0.745. The van der Waals surface area contributed by atoms with Gasteiger partial charge < -0.3 is 14.2 Å². The second kappa shape index (κ2) is 6.34. The molecule has 3 aromatic rings. The van der Waals surface area contributed by atoms with Crippen LogP contribution in [0.3, 0.4) is 0 Å². The zero-order valence-corrected chi connectivity index (χ0v) is 14.2. The molecule has 0 saturated heterocycles. The van der Waals surface area contributed by atoms with Crippen molar-refractivity contribution in [2.45, 2.75) is 0 Å². The summed E-state index contributed by atoms with van der Waals surface area (Å²) in [5, 5.41) is 0.824. The number of aromatic nitrogens is 1. The van der Waals surface area contributed by atoms with E-state index in [1.54, 1.807) is 0 Å². The van der Waals surface area contributed by atoms with Crippen molar-refractivity contribution in [3.8, 4) is 17.3 Å². The van der Waals surface area contributed by atoms with E-state index in [-0.39, 0.29) is 5.88 Å². The van der Waals surface area contributed by atoms with E-state index in [2.05, 4.69) is 20.7 Å². The molecule has 2 aromatic carbocycles. The molecular weight excluding hydrogens is 362 g/mol. The molecule has 1 heterocycles. The number of methoxy groups -OCH3 is 2. The quantitative estimate of drug-likeness (QED) is 0.630. The van der Waals surface area contributed by atoms with Gasteiger partial charge in [0.05, 0.1) is 19.7 Å². The summed E-state index contributed by atoms with van der Waals surface area (Å²) < 4.78 is 18.2. The minimum Gasteiger partial charge on any atom is -0.491 e. The van der Waals surface area contributed by atoms with Gasteiger partial charge in [0.25, 0.3) is 5.88 Å². The molecule has 1 aromatic heterocycles. The highest BCUT2D eigenvalue weighted by atomic mass is 79.9. The highest BCUT2D eigenvalue weighted by Gasteiger charge is 2.23. The number of fused-ring (bicyclic) bond motifs is 1. The molecule has 0 spiro atoms. The van der Waals surface area contributed by atoms with Crippen LogP contribution in [0.25, 0.3) is 16.6 Å². The molecule has 23 heavy (non-hydrogen) atoms. The first-order chi connectivity index (χ1) is 11.2. The highest BCUT2D eigenvalue weighted by Crippen LogP contribution is 2.42. The Morgan fingerprint density at radius 2 is 1.83 bits per heavy atom. The number of benzene rings is 2. The summed E-state index contributed by atoms with van der Waals surface area (Å²) in [7, 11) is 2.80. The molecule has 118 valence electrons. The van der Waals surface area contributed by atoms with E-state index in [1.807, 2.05) is 53.1 Å². The van der Waals surface area contributed by atoms with Crippen molar-refractivity contribution in [3.63, 3.8) is 0 Å². The average Bonchev–Trinajstić information content (AvgIpc) is 2.87. The Labute approximate surface area is 141 Å². The zero-order valence-electron chi connectivity index (χ0n) is 12.6. The number of para-hydroxylation sites is 1. The van der Waals surface area contributed by atoms with E-state index in [4.69, 9.17) is 9.47 Å². The van der Waals surface area contributed by atoms with Gasteiger partial charge in [-0.15, -0.1) is 0 Å². The van der Waals surface area contributed by atoms with Gasteiger partial charge in [-0.1, -0.05) is 34.1 Å². The number of carbonyl (C=O) groups is 1. The topological polar surface area (TPSA) is 49.7 Å². The SMILES string of the molecule is COC(=O)Oc1c(OC)c2cc(Br)ccc2n1-c1ccccc1. The van der Waals surface area contributed by atoms with Crippen molar-refractivity contribution in [2.24, 2.45) is 0 Å². The Hall–Kier alpha value is -2.47. The minimum atomic E-state index is -0.803. The van der Waals surface area contributed by atoms with Gasteiger partial charge >= 0.3 is 6.16 Å². The smallest absolute Gasteiger partial charge is 0.491 e. The second-order valence-electron chi connectivity index (χ2n) is 4.73. The van der Waals surface area contributed by atoms with Crippen LogP contribution in [0.15, 0.2) is 53.0 Å². The molecular formula is C17H14BrNO4. The summed E-state index contributed by atoms with van der Waals surface area (Å²) in [6.07, 6.45) is -0.803. The van der Waals surface area contributed by atoms with Gasteiger partial charge in [0.2, 0.25) is 0 Å². The van der Waals surface area contributed by atoms with Crippen molar-refractivity contribution < 1.29 is 19.0 Å². The molecule has 6 heteroatoms. The number of carbonyl (C=O) groups excluding carboxylic acids is 1. The lowest BCUT2D eigenvalue weighted by Crippen LogP contribution is -2.11. The van der Waals surface area contributed by atoms with Crippen LogP contribution in [0.1, 0.15) is 0 Å². The largest absolute Gasteiger partial charge is 0.514 e. The van der Waals surface area contributed by atoms with Crippen LogP contribution in [-0.4, -0.2) is 24.9 Å². The van der Waals surface area contributed by atoms with Gasteiger partial charge in [-0.05, 0) is 30.3 Å². The Morgan fingerprint density at radius 1 is 1.09 bits per heavy atom. The lowest BCUT2D eigenvalue weighted by Gasteiger charge is -2.10. The molecule has 0 radical (unpaired) electrons. The van der Waals surface area contributed by atoms with Crippen LogP contribution in [0.2, 0.25) is 0 Å². The van der Waals surface area contributed by atoms with E-state index in [0.29, 0.717) is 5.75 Å². The fourth-order valence-electron chi connectivity index (χ4n) is 2.45. The molecule has 5 nitrogen and oxygen atoms in total. The van der Waals surface area contributed by atoms with E-state index in [9.17, 15) is 4.79 Å². The normalized spacial score (nSPS) is 10.6. The molecule has 0 aliphatic heterocycles. The zero-order chi connectivity index (χ0) is 16.4. The maximum Gasteiger partial charge on any atom is 0.514 e. The third-order valence-electron chi connectivity index (χ3n) is 3.41. The summed E-state index contributed by atoms with van der Waals surface area (Å²) in [6, 6.07) is 15.3. The Morgan fingerprint density at radius 3 is 2.48 bits per heavy atom. The van der Waals surface area contributed by atoms with E-state index in [0.717, 1.165) is 21.1 Å². The number of halogens is 1. The fraction of sp³-hybridized carbons (Fsp3) is 0.118. The van der Waals surface area contributed by atoms with Gasteiger partial charge in [0, 0.05) is 15.5 Å². The van der Waals surface area contributed by atoms with Crippen molar-refractivity contribution in [1.82, 2.24) is 4.57 Å². The van der Waals surface area contributed by atoms with Crippen molar-refractivity contribution in [3.05, 3.63) is 53.0 Å². The molecule has 0 aliphatic rings. The fourth-order valence-corrected chi connectivity index (χ4v) is 2.82. The van der Waals surface area contributed by atoms with Crippen LogP contribution in [0, 0.1) is 0 Å². The van der Waals surface area contributed by atoms with Crippen LogP contribution in [-0.2, 0) is 4.74 Å². The van der Waals surface area contributed by atoms with Crippen molar-refractivity contribution in [2.75, 3.05) is 14.2 Å². The highest BCUT2D eigenvalue weighted by molar-refractivity contribution is 9.10. The average molecular weight is 376 g/mol. The lowest BCUT2D eigenvalue weighted by molar-refractivity contribution is 0.117. The van der Waals surface area contributed by atoms with Crippen LogP contribution < -0.4 is 9.47 Å². The Kier molecular flexibility index (Phi) is 4.25.